The zero-order chi connectivity index (χ0) is 40.3. The molecule has 0 saturated carbocycles. The van der Waals surface area contributed by atoms with Crippen LogP contribution >= 0.6 is 0 Å². The highest BCUT2D eigenvalue weighted by Crippen LogP contribution is 2.16. The van der Waals surface area contributed by atoms with Crippen molar-refractivity contribution >= 4 is 5.91 Å². The first-order chi connectivity index (χ1) is 27.0. The predicted octanol–water partition coefficient (Wildman–Crippen LogP) is 13.1. The third-order valence-corrected chi connectivity index (χ3v) is 11.4. The Morgan fingerprint density at radius 2 is 0.745 bits per heavy atom. The minimum absolute atomic E-state index is 0.357. The van der Waals surface area contributed by atoms with Crippen LogP contribution in [0.3, 0.4) is 0 Å². The normalized spacial score (nSPS) is 14.2. The second kappa shape index (κ2) is 43.9. The molecule has 6 heteroatoms. The van der Waals surface area contributed by atoms with Crippen LogP contribution in [0, 0.1) is 0 Å². The number of hydrogen-bond donors (Lipinski definition) is 5. The summed E-state index contributed by atoms with van der Waals surface area (Å²) in [6.07, 6.45) is 50.8. The molecule has 0 fully saturated rings. The van der Waals surface area contributed by atoms with E-state index in [1.54, 1.807) is 0 Å². The van der Waals surface area contributed by atoms with E-state index in [4.69, 9.17) is 0 Å². The van der Waals surface area contributed by atoms with Crippen molar-refractivity contribution in [1.82, 2.24) is 5.32 Å². The molecule has 0 rings (SSSR count). The van der Waals surface area contributed by atoms with Crippen molar-refractivity contribution in [2.75, 3.05) is 6.61 Å². The van der Waals surface area contributed by atoms with Gasteiger partial charge in [0.25, 0.3) is 0 Å². The highest BCUT2D eigenvalue weighted by atomic mass is 16.3. The van der Waals surface area contributed by atoms with Crippen molar-refractivity contribution < 1.29 is 25.2 Å². The van der Waals surface area contributed by atoms with Gasteiger partial charge in [-0.2, -0.15) is 0 Å². The van der Waals surface area contributed by atoms with Crippen molar-refractivity contribution in [1.29, 1.82) is 0 Å². The minimum Gasteiger partial charge on any atom is -0.394 e. The van der Waals surface area contributed by atoms with E-state index in [0.29, 0.717) is 12.8 Å². The Balaban J connectivity index is 3.73. The molecule has 6 nitrogen and oxygen atoms in total. The molecule has 0 aliphatic rings. The summed E-state index contributed by atoms with van der Waals surface area (Å²) in [5.41, 5.74) is 0. The van der Waals surface area contributed by atoms with Gasteiger partial charge in [-0.15, -0.1) is 0 Å². The third-order valence-electron chi connectivity index (χ3n) is 11.4. The summed E-state index contributed by atoms with van der Waals surface area (Å²) in [5, 5.41) is 43.8. The van der Waals surface area contributed by atoms with Crippen LogP contribution in [0.25, 0.3) is 0 Å². The molecule has 326 valence electrons. The number of amides is 1. The Labute approximate surface area is 342 Å². The Kier molecular flexibility index (Phi) is 42.9. The molecule has 0 aliphatic heterocycles. The van der Waals surface area contributed by atoms with Gasteiger partial charge in [0.2, 0.25) is 5.91 Å². The first kappa shape index (κ1) is 53.8. The molecule has 4 atom stereocenters. The van der Waals surface area contributed by atoms with E-state index in [-0.39, 0.29) is 0 Å². The van der Waals surface area contributed by atoms with Crippen LogP contribution in [-0.4, -0.2) is 57.3 Å². The van der Waals surface area contributed by atoms with E-state index in [9.17, 15) is 25.2 Å². The van der Waals surface area contributed by atoms with Gasteiger partial charge in [0.05, 0.1) is 18.8 Å². The average Bonchev–Trinajstić information content (AvgIpc) is 3.19. The Morgan fingerprint density at radius 1 is 0.436 bits per heavy atom. The fraction of sp³-hybridized carbons (Fsp3) is 0.898. The molecular weight excluding hydrogens is 683 g/mol. The van der Waals surface area contributed by atoms with E-state index < -0.39 is 36.9 Å². The number of nitrogens with one attached hydrogen (secondary N) is 1. The van der Waals surface area contributed by atoms with Crippen molar-refractivity contribution in [3.05, 3.63) is 24.3 Å². The number of aliphatic hydroxyl groups is 4. The predicted molar refractivity (Wildman–Crippen MR) is 237 cm³/mol. The average molecular weight is 778 g/mol. The Morgan fingerprint density at radius 3 is 1.09 bits per heavy atom. The van der Waals surface area contributed by atoms with E-state index in [2.05, 4.69) is 43.5 Å². The minimum atomic E-state index is -1.28. The fourth-order valence-electron chi connectivity index (χ4n) is 7.52. The molecule has 0 aromatic carbocycles. The molecule has 5 N–H and O–H groups in total. The van der Waals surface area contributed by atoms with Crippen molar-refractivity contribution in [3.8, 4) is 0 Å². The lowest BCUT2D eigenvalue weighted by atomic mass is 10.00. The van der Waals surface area contributed by atoms with Gasteiger partial charge in [0.15, 0.2) is 0 Å². The van der Waals surface area contributed by atoms with Crippen molar-refractivity contribution in [2.45, 2.75) is 276 Å². The highest BCUT2D eigenvalue weighted by molar-refractivity contribution is 5.80. The molecule has 0 spiro atoms. The molecule has 0 aromatic heterocycles. The maximum atomic E-state index is 12.5. The summed E-state index contributed by atoms with van der Waals surface area (Å²) in [5.74, 6) is -0.596. The summed E-state index contributed by atoms with van der Waals surface area (Å²) >= 11 is 0. The third kappa shape index (κ3) is 38.1. The summed E-state index contributed by atoms with van der Waals surface area (Å²) in [4.78, 5) is 12.5. The van der Waals surface area contributed by atoms with Gasteiger partial charge in [0, 0.05) is 0 Å². The van der Waals surface area contributed by atoms with E-state index in [1.807, 2.05) is 0 Å². The zero-order valence-electron chi connectivity index (χ0n) is 36.7. The molecule has 0 heterocycles. The summed E-state index contributed by atoms with van der Waals surface area (Å²) in [6.45, 7) is 4.06. The van der Waals surface area contributed by atoms with Crippen LogP contribution in [0.4, 0.5) is 0 Å². The second-order valence-electron chi connectivity index (χ2n) is 16.8. The van der Waals surface area contributed by atoms with Crippen molar-refractivity contribution in [3.63, 3.8) is 0 Å². The van der Waals surface area contributed by atoms with Crippen molar-refractivity contribution in [2.24, 2.45) is 0 Å². The Hall–Kier alpha value is -1.21. The van der Waals surface area contributed by atoms with Crippen LogP contribution in [0.5, 0.6) is 0 Å². The number of aliphatic hydroxyl groups excluding tert-OH is 4. The van der Waals surface area contributed by atoms with Crippen LogP contribution in [-0.2, 0) is 4.79 Å². The van der Waals surface area contributed by atoms with Gasteiger partial charge >= 0.3 is 0 Å². The second-order valence-corrected chi connectivity index (χ2v) is 16.8. The van der Waals surface area contributed by atoms with Crippen LogP contribution in [0.15, 0.2) is 24.3 Å². The monoisotopic (exact) mass is 778 g/mol. The van der Waals surface area contributed by atoms with Gasteiger partial charge in [-0.05, 0) is 64.2 Å². The number of carbonyl (C=O) groups excluding carboxylic acids is 1. The standard InChI is InChI=1S/C49H95NO5/c1-3-5-7-9-11-13-15-17-19-21-23-24-25-27-29-31-33-35-37-39-41-43-47(53)49(55)50-45(44-51)48(54)46(52)42-40-38-36-34-32-30-28-26-22-20-18-16-14-12-10-8-6-4-2/h25,27,34,36,45-48,51-54H,3-24,26,28-33,35,37-44H2,1-2H3,(H,50,55)/b27-25-,36-34+. The lowest BCUT2D eigenvalue weighted by molar-refractivity contribution is -0.132. The number of allylic oxidation sites excluding steroid dienone is 4. The lowest BCUT2D eigenvalue weighted by Gasteiger charge is -2.27. The molecule has 1 amide bonds. The van der Waals surface area contributed by atoms with Crippen LogP contribution < -0.4 is 5.32 Å². The number of carbonyl (C=O) groups is 1. The topological polar surface area (TPSA) is 110 Å². The summed E-state index contributed by atoms with van der Waals surface area (Å²) in [6, 6.07) is -1.00. The van der Waals surface area contributed by atoms with Gasteiger partial charge in [0.1, 0.15) is 12.2 Å². The largest absolute Gasteiger partial charge is 0.394 e. The number of rotatable bonds is 44. The van der Waals surface area contributed by atoms with Gasteiger partial charge < -0.3 is 25.7 Å². The zero-order valence-corrected chi connectivity index (χ0v) is 36.7. The van der Waals surface area contributed by atoms with E-state index >= 15 is 0 Å². The summed E-state index contributed by atoms with van der Waals surface area (Å²) in [7, 11) is 0. The van der Waals surface area contributed by atoms with Crippen LogP contribution in [0.1, 0.15) is 251 Å². The fourth-order valence-corrected chi connectivity index (χ4v) is 7.52. The van der Waals surface area contributed by atoms with Gasteiger partial charge in [-0.3, -0.25) is 4.79 Å². The molecule has 4 unspecified atom stereocenters. The molecule has 0 bridgehead atoms. The molecule has 55 heavy (non-hydrogen) atoms. The molecule has 0 saturated heterocycles. The maximum absolute atomic E-state index is 12.5. The highest BCUT2D eigenvalue weighted by Gasteiger charge is 2.28. The number of unbranched alkanes of at least 4 members (excludes halogenated alkanes) is 31. The first-order valence-corrected chi connectivity index (χ1v) is 24.2. The maximum Gasteiger partial charge on any atom is 0.249 e. The smallest absolute Gasteiger partial charge is 0.249 e. The summed E-state index contributed by atoms with van der Waals surface area (Å²) < 4.78 is 0. The Bertz CT molecular complexity index is 832. The van der Waals surface area contributed by atoms with Gasteiger partial charge in [-0.25, -0.2) is 0 Å². The van der Waals surface area contributed by atoms with Crippen LogP contribution in [0.2, 0.25) is 0 Å². The van der Waals surface area contributed by atoms with E-state index in [0.717, 1.165) is 44.9 Å². The van der Waals surface area contributed by atoms with E-state index in [1.165, 1.54) is 180 Å². The molecule has 0 aliphatic carbocycles. The number of hydrogen-bond acceptors (Lipinski definition) is 5. The molecule has 0 radical (unpaired) electrons. The quantitative estimate of drug-likeness (QED) is 0.0313. The van der Waals surface area contributed by atoms with Gasteiger partial charge in [-0.1, -0.05) is 212 Å². The molecule has 0 aromatic rings. The lowest BCUT2D eigenvalue weighted by Crippen LogP contribution is -2.53. The molecular formula is C49H95NO5. The SMILES string of the molecule is CCCCCCCCCCCCC/C=C\CCCCCCCCC(O)C(=O)NC(CO)C(O)C(O)CCC/C=C/CCCCCCCCCCCCCCC. The first-order valence-electron chi connectivity index (χ1n) is 24.2.